The summed E-state index contributed by atoms with van der Waals surface area (Å²) in [6.07, 6.45) is 5.03. The molecule has 6 rings (SSSR count). The van der Waals surface area contributed by atoms with Gasteiger partial charge in [0.15, 0.2) is 0 Å². The molecule has 1 atom stereocenters. The maximum atomic E-state index is 14.3. The molecule has 11 nitrogen and oxygen atoms in total. The Morgan fingerprint density at radius 1 is 1.05 bits per heavy atom. The molecule has 3 N–H and O–H groups in total. The fraction of sp³-hybridized carbons (Fsp3) is 0.143. The summed E-state index contributed by atoms with van der Waals surface area (Å²) in [4.78, 5) is 22.8. The highest BCUT2D eigenvalue weighted by Crippen LogP contribution is 2.33. The highest BCUT2D eigenvalue weighted by molar-refractivity contribution is 5.96. The van der Waals surface area contributed by atoms with Crippen molar-refractivity contribution < 1.29 is 4.42 Å². The Morgan fingerprint density at radius 2 is 1.87 bits per heavy atom. The van der Waals surface area contributed by atoms with E-state index in [2.05, 4.69) is 30.6 Å². The Hall–Kier alpha value is -5.32. The van der Waals surface area contributed by atoms with Crippen molar-refractivity contribution in [3.05, 3.63) is 95.3 Å². The van der Waals surface area contributed by atoms with Gasteiger partial charge in [0.1, 0.15) is 23.5 Å². The number of hydrogen-bond acceptors (Lipinski definition) is 9. The van der Waals surface area contributed by atoms with Gasteiger partial charge in [-0.1, -0.05) is 36.4 Å². The molecule has 4 heterocycles. The zero-order valence-corrected chi connectivity index (χ0v) is 21.5. The number of aryl methyl sites for hydroxylation is 2. The molecule has 11 heteroatoms. The van der Waals surface area contributed by atoms with Crippen LogP contribution in [0.15, 0.2) is 82.5 Å². The Kier molecular flexibility index (Phi) is 5.87. The first-order chi connectivity index (χ1) is 18.9. The van der Waals surface area contributed by atoms with E-state index < -0.39 is 0 Å². The third-order valence-corrected chi connectivity index (χ3v) is 6.52. The van der Waals surface area contributed by atoms with Crippen molar-refractivity contribution in [2.45, 2.75) is 19.9 Å². The molecule has 0 aliphatic carbocycles. The monoisotopic (exact) mass is 519 g/mol. The van der Waals surface area contributed by atoms with E-state index in [0.29, 0.717) is 22.7 Å². The van der Waals surface area contributed by atoms with Crippen LogP contribution in [0.3, 0.4) is 0 Å². The largest absolute Gasteiger partial charge is 0.421 e. The summed E-state index contributed by atoms with van der Waals surface area (Å²) in [6.45, 7) is 3.64. The zero-order valence-electron chi connectivity index (χ0n) is 21.5. The minimum atomic E-state index is -0.388. The molecule has 4 aromatic heterocycles. The lowest BCUT2D eigenvalue weighted by Gasteiger charge is -2.22. The molecule has 0 spiro atoms. The lowest BCUT2D eigenvalue weighted by Crippen LogP contribution is -2.26. The number of fused-ring (bicyclic) bond motifs is 1. The minimum Gasteiger partial charge on any atom is -0.421 e. The molecule has 0 bridgehead atoms. The lowest BCUT2D eigenvalue weighted by molar-refractivity contribution is 0.532. The number of nitrogens with one attached hydrogen (secondary N) is 1. The standard InChI is InChI=1S/C28H25N9O2/c1-16(33-26-24(25(29)30-15-31-26)27-35-34-17(2)39-27)22-12-18-8-7-11-21(19-13-32-36(3)14-19)23(18)28(38)37(22)20-9-5-4-6-10-20/h4-16H,1-3H3,(H3,29,30,31,33). The van der Waals surface area contributed by atoms with Crippen molar-refractivity contribution in [1.29, 1.82) is 0 Å². The van der Waals surface area contributed by atoms with E-state index in [1.54, 1.807) is 22.4 Å². The van der Waals surface area contributed by atoms with Crippen molar-refractivity contribution in [2.24, 2.45) is 7.05 Å². The summed E-state index contributed by atoms with van der Waals surface area (Å²) in [7, 11) is 1.85. The van der Waals surface area contributed by atoms with Crippen molar-refractivity contribution in [3.8, 4) is 28.3 Å². The van der Waals surface area contributed by atoms with Crippen LogP contribution in [0.5, 0.6) is 0 Å². The molecule has 0 amide bonds. The van der Waals surface area contributed by atoms with Crippen LogP contribution in [-0.2, 0) is 7.05 Å². The van der Waals surface area contributed by atoms with Crippen LogP contribution in [0, 0.1) is 6.92 Å². The van der Waals surface area contributed by atoms with Crippen LogP contribution in [-0.4, -0.2) is 34.5 Å². The van der Waals surface area contributed by atoms with E-state index in [-0.39, 0.29) is 23.3 Å². The van der Waals surface area contributed by atoms with Crippen LogP contribution in [0.1, 0.15) is 24.6 Å². The average Bonchev–Trinajstić information content (AvgIpc) is 3.56. The van der Waals surface area contributed by atoms with Crippen molar-refractivity contribution in [1.82, 2.24) is 34.5 Å². The van der Waals surface area contributed by atoms with Gasteiger partial charge in [-0.15, -0.1) is 10.2 Å². The summed E-state index contributed by atoms with van der Waals surface area (Å²) in [5.74, 6) is 1.21. The van der Waals surface area contributed by atoms with Gasteiger partial charge < -0.3 is 15.5 Å². The molecule has 0 aliphatic heterocycles. The molecular weight excluding hydrogens is 494 g/mol. The molecule has 2 aromatic carbocycles. The highest BCUT2D eigenvalue weighted by Gasteiger charge is 2.23. The average molecular weight is 520 g/mol. The van der Waals surface area contributed by atoms with Crippen LogP contribution >= 0.6 is 0 Å². The molecule has 0 saturated heterocycles. The first-order valence-electron chi connectivity index (χ1n) is 12.3. The number of hydrogen-bond donors (Lipinski definition) is 2. The van der Waals surface area contributed by atoms with Gasteiger partial charge >= 0.3 is 0 Å². The smallest absolute Gasteiger partial charge is 0.263 e. The molecule has 6 aromatic rings. The maximum Gasteiger partial charge on any atom is 0.263 e. The van der Waals surface area contributed by atoms with Crippen LogP contribution in [0.4, 0.5) is 11.6 Å². The first-order valence-corrected chi connectivity index (χ1v) is 12.3. The quantitative estimate of drug-likeness (QED) is 0.329. The van der Waals surface area contributed by atoms with E-state index in [1.807, 2.05) is 74.8 Å². The number of benzene rings is 2. The van der Waals surface area contributed by atoms with Crippen LogP contribution in [0.2, 0.25) is 0 Å². The van der Waals surface area contributed by atoms with E-state index in [0.717, 1.165) is 27.9 Å². The third-order valence-electron chi connectivity index (χ3n) is 6.52. The Labute approximate surface area is 223 Å². The topological polar surface area (TPSA) is 143 Å². The molecule has 0 aliphatic rings. The second kappa shape index (κ2) is 9.53. The van der Waals surface area contributed by atoms with Crippen molar-refractivity contribution in [3.63, 3.8) is 0 Å². The Bertz CT molecular complexity index is 1870. The summed E-state index contributed by atoms with van der Waals surface area (Å²) < 4.78 is 9.07. The Morgan fingerprint density at radius 3 is 2.59 bits per heavy atom. The summed E-state index contributed by atoms with van der Waals surface area (Å²) in [5.41, 5.74) is 9.61. The van der Waals surface area contributed by atoms with Gasteiger partial charge in [-0.3, -0.25) is 14.0 Å². The fourth-order valence-electron chi connectivity index (χ4n) is 4.74. The van der Waals surface area contributed by atoms with Gasteiger partial charge in [0.05, 0.1) is 17.6 Å². The van der Waals surface area contributed by atoms with Crippen LogP contribution in [0.25, 0.3) is 39.0 Å². The number of nitrogen functional groups attached to an aromatic ring is 1. The first kappa shape index (κ1) is 24.0. The molecule has 39 heavy (non-hydrogen) atoms. The number of para-hydroxylation sites is 1. The predicted molar refractivity (Wildman–Crippen MR) is 148 cm³/mol. The predicted octanol–water partition coefficient (Wildman–Crippen LogP) is 4.29. The zero-order chi connectivity index (χ0) is 27.1. The molecule has 194 valence electrons. The number of aromatic nitrogens is 7. The molecule has 0 fully saturated rings. The minimum absolute atomic E-state index is 0.142. The second-order valence-electron chi connectivity index (χ2n) is 9.19. The molecule has 0 radical (unpaired) electrons. The van der Waals surface area contributed by atoms with Gasteiger partial charge in [-0.25, -0.2) is 9.97 Å². The van der Waals surface area contributed by atoms with E-state index in [1.165, 1.54) is 6.33 Å². The van der Waals surface area contributed by atoms with Gasteiger partial charge in [-0.05, 0) is 36.1 Å². The van der Waals surface area contributed by atoms with Gasteiger partial charge in [0.2, 0.25) is 5.89 Å². The summed E-state index contributed by atoms with van der Waals surface area (Å²) in [6, 6.07) is 17.0. The van der Waals surface area contributed by atoms with E-state index >= 15 is 0 Å². The lowest BCUT2D eigenvalue weighted by atomic mass is 9.99. The SMILES string of the molecule is Cc1nnc(-c2c(N)ncnc2NC(C)c2cc3cccc(-c4cnn(C)c4)c3c(=O)n2-c2ccccc2)o1. The van der Waals surface area contributed by atoms with E-state index in [4.69, 9.17) is 10.2 Å². The van der Waals surface area contributed by atoms with Gasteiger partial charge in [0.25, 0.3) is 11.4 Å². The maximum absolute atomic E-state index is 14.3. The molecule has 0 saturated carbocycles. The van der Waals surface area contributed by atoms with Gasteiger partial charge in [-0.2, -0.15) is 5.10 Å². The summed E-state index contributed by atoms with van der Waals surface area (Å²) >= 11 is 0. The van der Waals surface area contributed by atoms with Crippen LogP contribution < -0.4 is 16.6 Å². The number of rotatable bonds is 6. The number of anilines is 2. The summed E-state index contributed by atoms with van der Waals surface area (Å²) in [5, 5.41) is 17.1. The second-order valence-corrected chi connectivity index (χ2v) is 9.19. The number of nitrogens with two attached hydrogens (primary N) is 1. The molecule has 1 unspecified atom stereocenters. The van der Waals surface area contributed by atoms with Crippen molar-refractivity contribution >= 4 is 22.4 Å². The molecular formula is C28H25N9O2. The van der Waals surface area contributed by atoms with Gasteiger partial charge in [0, 0.05) is 37.1 Å². The number of pyridine rings is 1. The van der Waals surface area contributed by atoms with E-state index in [9.17, 15) is 4.79 Å². The highest BCUT2D eigenvalue weighted by atomic mass is 16.4. The fourth-order valence-corrected chi connectivity index (χ4v) is 4.74. The van der Waals surface area contributed by atoms with Crippen molar-refractivity contribution in [2.75, 3.05) is 11.1 Å². The third kappa shape index (κ3) is 4.29. The number of nitrogens with zero attached hydrogens (tertiary/aromatic N) is 7. The Balaban J connectivity index is 1.54. The normalized spacial score (nSPS) is 12.1.